The highest BCUT2D eigenvalue weighted by Gasteiger charge is 2.36. The third-order valence-electron chi connectivity index (χ3n) is 3.93. The minimum absolute atomic E-state index is 0.0507. The standard InChI is InChI=1S/C16H20N2O3/c1-2-16(9-4-10-16)18-15(21)17-13-6-3-5-12(11-13)7-8-14(19)20/h3,5-8,11H,2,4,9-10H2,1H3,(H,19,20)(H2,17,18,21)/b8-7+. The number of amides is 2. The van der Waals surface area contributed by atoms with Gasteiger partial charge in [0.1, 0.15) is 0 Å². The zero-order valence-electron chi connectivity index (χ0n) is 12.1. The van der Waals surface area contributed by atoms with Crippen molar-refractivity contribution in [2.45, 2.75) is 38.1 Å². The summed E-state index contributed by atoms with van der Waals surface area (Å²) in [5, 5.41) is 14.4. The molecule has 1 aliphatic rings. The van der Waals surface area contributed by atoms with E-state index in [9.17, 15) is 9.59 Å². The summed E-state index contributed by atoms with van der Waals surface area (Å²) in [5.41, 5.74) is 1.32. The van der Waals surface area contributed by atoms with Crippen LogP contribution in [0.25, 0.3) is 6.08 Å². The molecular weight excluding hydrogens is 268 g/mol. The first-order chi connectivity index (χ1) is 10.0. The lowest BCUT2D eigenvalue weighted by Gasteiger charge is -2.41. The van der Waals surface area contributed by atoms with Crippen molar-refractivity contribution in [3.8, 4) is 0 Å². The average molecular weight is 288 g/mol. The van der Waals surface area contributed by atoms with Gasteiger partial charge in [0.25, 0.3) is 0 Å². The van der Waals surface area contributed by atoms with Crippen LogP contribution in [0.5, 0.6) is 0 Å². The van der Waals surface area contributed by atoms with Gasteiger partial charge < -0.3 is 15.7 Å². The smallest absolute Gasteiger partial charge is 0.328 e. The maximum absolute atomic E-state index is 12.0. The fourth-order valence-corrected chi connectivity index (χ4v) is 2.46. The number of hydrogen-bond donors (Lipinski definition) is 3. The van der Waals surface area contributed by atoms with Crippen molar-refractivity contribution in [2.24, 2.45) is 0 Å². The second-order valence-electron chi connectivity index (χ2n) is 5.36. The molecule has 0 spiro atoms. The van der Waals surface area contributed by atoms with Crippen molar-refractivity contribution in [3.05, 3.63) is 35.9 Å². The molecule has 3 N–H and O–H groups in total. The fourth-order valence-electron chi connectivity index (χ4n) is 2.46. The summed E-state index contributed by atoms with van der Waals surface area (Å²) < 4.78 is 0. The first-order valence-electron chi connectivity index (χ1n) is 7.13. The van der Waals surface area contributed by atoms with Crippen LogP contribution in [0.15, 0.2) is 30.3 Å². The topological polar surface area (TPSA) is 78.4 Å². The summed E-state index contributed by atoms with van der Waals surface area (Å²) in [6.07, 6.45) is 6.70. The third-order valence-corrected chi connectivity index (χ3v) is 3.93. The van der Waals surface area contributed by atoms with Crippen LogP contribution < -0.4 is 10.6 Å². The van der Waals surface area contributed by atoms with E-state index in [1.807, 2.05) is 0 Å². The second kappa shape index (κ2) is 6.43. The zero-order chi connectivity index (χ0) is 15.3. The van der Waals surface area contributed by atoms with Gasteiger partial charge in [-0.3, -0.25) is 0 Å². The van der Waals surface area contributed by atoms with Gasteiger partial charge in [-0.05, 0) is 49.5 Å². The number of carbonyl (C=O) groups is 2. The molecule has 0 saturated heterocycles. The molecule has 2 rings (SSSR count). The van der Waals surface area contributed by atoms with Crippen molar-refractivity contribution in [1.82, 2.24) is 5.32 Å². The molecule has 5 nitrogen and oxygen atoms in total. The lowest BCUT2D eigenvalue weighted by molar-refractivity contribution is -0.131. The highest BCUT2D eigenvalue weighted by molar-refractivity contribution is 5.90. The Kier molecular flexibility index (Phi) is 4.62. The Morgan fingerprint density at radius 3 is 2.71 bits per heavy atom. The second-order valence-corrected chi connectivity index (χ2v) is 5.36. The number of hydrogen-bond acceptors (Lipinski definition) is 2. The van der Waals surface area contributed by atoms with E-state index in [0.717, 1.165) is 37.3 Å². The van der Waals surface area contributed by atoms with E-state index in [2.05, 4.69) is 17.6 Å². The highest BCUT2D eigenvalue weighted by Crippen LogP contribution is 2.34. The summed E-state index contributed by atoms with van der Waals surface area (Å²) in [4.78, 5) is 22.5. The predicted molar refractivity (Wildman–Crippen MR) is 82.1 cm³/mol. The number of carboxylic acids is 1. The molecule has 0 aliphatic heterocycles. The van der Waals surface area contributed by atoms with Crippen molar-refractivity contribution in [1.29, 1.82) is 0 Å². The SMILES string of the molecule is CCC1(NC(=O)Nc2cccc(/C=C/C(=O)O)c2)CCC1. The van der Waals surface area contributed by atoms with E-state index < -0.39 is 5.97 Å². The van der Waals surface area contributed by atoms with Crippen molar-refractivity contribution >= 4 is 23.8 Å². The minimum atomic E-state index is -0.999. The molecule has 21 heavy (non-hydrogen) atoms. The number of aliphatic carboxylic acids is 1. The van der Waals surface area contributed by atoms with Crippen LogP contribution in [-0.4, -0.2) is 22.6 Å². The van der Waals surface area contributed by atoms with Crippen LogP contribution in [0.4, 0.5) is 10.5 Å². The summed E-state index contributed by atoms with van der Waals surface area (Å²) in [6.45, 7) is 2.08. The summed E-state index contributed by atoms with van der Waals surface area (Å²) in [7, 11) is 0. The van der Waals surface area contributed by atoms with E-state index in [1.165, 1.54) is 6.08 Å². The lowest BCUT2D eigenvalue weighted by Crippen LogP contribution is -2.54. The average Bonchev–Trinajstić information content (AvgIpc) is 2.41. The van der Waals surface area contributed by atoms with Crippen LogP contribution in [0.2, 0.25) is 0 Å². The van der Waals surface area contributed by atoms with Gasteiger partial charge in [-0.1, -0.05) is 19.1 Å². The number of carbonyl (C=O) groups excluding carboxylic acids is 1. The van der Waals surface area contributed by atoms with Gasteiger partial charge in [0.2, 0.25) is 0 Å². The Labute approximate surface area is 124 Å². The van der Waals surface area contributed by atoms with Gasteiger partial charge in [0, 0.05) is 17.3 Å². The maximum Gasteiger partial charge on any atom is 0.328 e. The van der Waals surface area contributed by atoms with E-state index in [1.54, 1.807) is 24.3 Å². The Morgan fingerprint density at radius 1 is 1.38 bits per heavy atom. The van der Waals surface area contributed by atoms with Crippen LogP contribution in [0.1, 0.15) is 38.2 Å². The Morgan fingerprint density at radius 2 is 2.14 bits per heavy atom. The number of nitrogens with one attached hydrogen (secondary N) is 2. The Hall–Kier alpha value is -2.30. The van der Waals surface area contributed by atoms with E-state index >= 15 is 0 Å². The van der Waals surface area contributed by atoms with Crippen LogP contribution in [0, 0.1) is 0 Å². The molecule has 0 radical (unpaired) electrons. The molecule has 1 aromatic carbocycles. The monoisotopic (exact) mass is 288 g/mol. The minimum Gasteiger partial charge on any atom is -0.478 e. The van der Waals surface area contributed by atoms with Crippen LogP contribution >= 0.6 is 0 Å². The van der Waals surface area contributed by atoms with Crippen molar-refractivity contribution in [2.75, 3.05) is 5.32 Å². The molecule has 112 valence electrons. The third kappa shape index (κ3) is 4.08. The molecule has 1 aliphatic carbocycles. The van der Waals surface area contributed by atoms with Gasteiger partial charge in [0.05, 0.1) is 0 Å². The summed E-state index contributed by atoms with van der Waals surface area (Å²) in [5.74, 6) is -0.999. The summed E-state index contributed by atoms with van der Waals surface area (Å²) >= 11 is 0. The first-order valence-corrected chi connectivity index (χ1v) is 7.13. The van der Waals surface area contributed by atoms with Crippen LogP contribution in [-0.2, 0) is 4.79 Å². The predicted octanol–water partition coefficient (Wildman–Crippen LogP) is 3.24. The molecule has 1 saturated carbocycles. The molecular formula is C16H20N2O3. The molecule has 1 fully saturated rings. The van der Waals surface area contributed by atoms with Crippen molar-refractivity contribution in [3.63, 3.8) is 0 Å². The molecule has 0 heterocycles. The van der Waals surface area contributed by atoms with Gasteiger partial charge in [0.15, 0.2) is 0 Å². The number of anilines is 1. The zero-order valence-corrected chi connectivity index (χ0v) is 12.1. The molecule has 2 amide bonds. The molecule has 1 aromatic rings. The highest BCUT2D eigenvalue weighted by atomic mass is 16.4. The quantitative estimate of drug-likeness (QED) is 0.728. The van der Waals surface area contributed by atoms with E-state index in [-0.39, 0.29) is 11.6 Å². The number of rotatable bonds is 5. The first kappa shape index (κ1) is 15.1. The van der Waals surface area contributed by atoms with Crippen LogP contribution in [0.3, 0.4) is 0 Å². The van der Waals surface area contributed by atoms with Crippen molar-refractivity contribution < 1.29 is 14.7 Å². The Balaban J connectivity index is 1.97. The number of carboxylic acid groups (broad SMARTS) is 1. The fraction of sp³-hybridized carbons (Fsp3) is 0.375. The van der Waals surface area contributed by atoms with E-state index in [4.69, 9.17) is 5.11 Å². The largest absolute Gasteiger partial charge is 0.478 e. The van der Waals surface area contributed by atoms with Gasteiger partial charge >= 0.3 is 12.0 Å². The van der Waals surface area contributed by atoms with E-state index in [0.29, 0.717) is 5.69 Å². The summed E-state index contributed by atoms with van der Waals surface area (Å²) in [6, 6.07) is 6.85. The van der Waals surface area contributed by atoms with Gasteiger partial charge in [-0.15, -0.1) is 0 Å². The Bertz CT molecular complexity index is 557. The lowest BCUT2D eigenvalue weighted by atomic mass is 9.75. The molecule has 5 heteroatoms. The molecule has 0 bridgehead atoms. The molecule has 0 unspecified atom stereocenters. The number of benzene rings is 1. The molecule has 0 aromatic heterocycles. The molecule has 0 atom stereocenters. The normalized spacial score (nSPS) is 16.2. The number of urea groups is 1. The van der Waals surface area contributed by atoms with Gasteiger partial charge in [-0.2, -0.15) is 0 Å². The van der Waals surface area contributed by atoms with Gasteiger partial charge in [-0.25, -0.2) is 9.59 Å². The maximum atomic E-state index is 12.0.